The van der Waals surface area contributed by atoms with E-state index in [9.17, 15) is 9.59 Å². The van der Waals surface area contributed by atoms with Crippen molar-refractivity contribution in [1.82, 2.24) is 5.32 Å². The summed E-state index contributed by atoms with van der Waals surface area (Å²) in [6, 6.07) is -0.821. The van der Waals surface area contributed by atoms with Crippen LogP contribution in [-0.4, -0.2) is 36.7 Å². The zero-order valence-corrected chi connectivity index (χ0v) is 8.86. The quantitative estimate of drug-likeness (QED) is 0.672. The third-order valence-corrected chi connectivity index (χ3v) is 2.70. The van der Waals surface area contributed by atoms with Crippen LogP contribution in [0.5, 0.6) is 0 Å². The van der Waals surface area contributed by atoms with Gasteiger partial charge in [0.1, 0.15) is 6.04 Å². The Morgan fingerprint density at radius 3 is 2.60 bits per heavy atom. The fraction of sp³-hybridized carbons (Fsp3) is 0.800. The van der Waals surface area contributed by atoms with Crippen LogP contribution in [0.2, 0.25) is 0 Å². The second-order valence-electron chi connectivity index (χ2n) is 3.81. The van der Waals surface area contributed by atoms with E-state index in [0.717, 1.165) is 19.3 Å². The van der Waals surface area contributed by atoms with Crippen LogP contribution >= 0.6 is 0 Å². The number of carboxylic acids is 1. The average Bonchev–Trinajstić information content (AvgIpc) is 2.08. The lowest BCUT2D eigenvalue weighted by Gasteiger charge is -2.26. The van der Waals surface area contributed by atoms with Gasteiger partial charge in [-0.05, 0) is 12.8 Å². The highest BCUT2D eigenvalue weighted by atomic mass is 16.5. The van der Waals surface area contributed by atoms with Gasteiger partial charge in [-0.2, -0.15) is 0 Å². The van der Waals surface area contributed by atoms with E-state index in [1.54, 1.807) is 0 Å². The Hall–Kier alpha value is -1.10. The second kappa shape index (κ2) is 5.70. The average molecular weight is 215 g/mol. The SMILES string of the molecule is COCCC(NC(=O)C1CCC1)C(=O)O. The molecule has 0 aromatic heterocycles. The van der Waals surface area contributed by atoms with Crippen LogP contribution < -0.4 is 5.32 Å². The lowest BCUT2D eigenvalue weighted by atomic mass is 9.84. The van der Waals surface area contributed by atoms with Gasteiger partial charge in [0.05, 0.1) is 0 Å². The minimum absolute atomic E-state index is 0.0226. The molecule has 0 aromatic carbocycles. The normalized spacial score (nSPS) is 17.9. The molecule has 0 saturated heterocycles. The van der Waals surface area contributed by atoms with Crippen LogP contribution in [0.25, 0.3) is 0 Å². The topological polar surface area (TPSA) is 75.6 Å². The van der Waals surface area contributed by atoms with Crippen molar-refractivity contribution >= 4 is 11.9 Å². The Morgan fingerprint density at radius 2 is 2.20 bits per heavy atom. The number of amides is 1. The summed E-state index contributed by atoms with van der Waals surface area (Å²) >= 11 is 0. The molecule has 0 radical (unpaired) electrons. The smallest absolute Gasteiger partial charge is 0.326 e. The van der Waals surface area contributed by atoms with E-state index < -0.39 is 12.0 Å². The molecule has 1 amide bonds. The fourth-order valence-corrected chi connectivity index (χ4v) is 1.45. The minimum Gasteiger partial charge on any atom is -0.480 e. The Bertz CT molecular complexity index is 238. The number of aliphatic carboxylic acids is 1. The predicted octanol–water partition coefficient (Wildman–Crippen LogP) is 0.392. The van der Waals surface area contributed by atoms with Crippen molar-refractivity contribution < 1.29 is 19.4 Å². The highest BCUT2D eigenvalue weighted by molar-refractivity contribution is 5.85. The molecule has 1 saturated carbocycles. The van der Waals surface area contributed by atoms with Gasteiger partial charge in [0.2, 0.25) is 5.91 Å². The summed E-state index contributed by atoms with van der Waals surface area (Å²) in [4.78, 5) is 22.3. The van der Waals surface area contributed by atoms with E-state index in [0.29, 0.717) is 13.0 Å². The maximum absolute atomic E-state index is 11.5. The van der Waals surface area contributed by atoms with Crippen molar-refractivity contribution in [3.8, 4) is 0 Å². The van der Waals surface area contributed by atoms with Crippen LogP contribution in [0, 0.1) is 5.92 Å². The molecule has 2 N–H and O–H groups in total. The second-order valence-corrected chi connectivity index (χ2v) is 3.81. The molecule has 5 heteroatoms. The van der Waals surface area contributed by atoms with Gasteiger partial charge in [0.25, 0.3) is 0 Å². The summed E-state index contributed by atoms with van der Waals surface area (Å²) in [7, 11) is 1.51. The molecular formula is C10H17NO4. The van der Waals surface area contributed by atoms with Gasteiger partial charge >= 0.3 is 5.97 Å². The van der Waals surface area contributed by atoms with E-state index in [1.807, 2.05) is 0 Å². The predicted molar refractivity (Wildman–Crippen MR) is 53.4 cm³/mol. The zero-order valence-electron chi connectivity index (χ0n) is 8.86. The number of carbonyl (C=O) groups excluding carboxylic acids is 1. The highest BCUT2D eigenvalue weighted by Gasteiger charge is 2.28. The molecule has 5 nitrogen and oxygen atoms in total. The monoisotopic (exact) mass is 215 g/mol. The molecule has 0 aliphatic heterocycles. The van der Waals surface area contributed by atoms with Crippen LogP contribution in [0.1, 0.15) is 25.7 Å². The summed E-state index contributed by atoms with van der Waals surface area (Å²) in [5.74, 6) is -1.11. The van der Waals surface area contributed by atoms with E-state index >= 15 is 0 Å². The van der Waals surface area contributed by atoms with Crippen LogP contribution in [0.15, 0.2) is 0 Å². The lowest BCUT2D eigenvalue weighted by Crippen LogP contribution is -2.45. The Balaban J connectivity index is 2.35. The maximum Gasteiger partial charge on any atom is 0.326 e. The number of hydrogen-bond acceptors (Lipinski definition) is 3. The molecule has 0 heterocycles. The first-order valence-corrected chi connectivity index (χ1v) is 5.17. The molecule has 1 unspecified atom stereocenters. The van der Waals surface area contributed by atoms with Crippen LogP contribution in [-0.2, 0) is 14.3 Å². The highest BCUT2D eigenvalue weighted by Crippen LogP contribution is 2.26. The molecular weight excluding hydrogens is 198 g/mol. The fourth-order valence-electron chi connectivity index (χ4n) is 1.45. The summed E-state index contributed by atoms with van der Waals surface area (Å²) in [5, 5.41) is 11.4. The summed E-state index contributed by atoms with van der Waals surface area (Å²) in [6.07, 6.45) is 3.13. The van der Waals surface area contributed by atoms with Crippen molar-refractivity contribution in [1.29, 1.82) is 0 Å². The third kappa shape index (κ3) is 3.51. The van der Waals surface area contributed by atoms with Gasteiger partial charge in [-0.3, -0.25) is 4.79 Å². The van der Waals surface area contributed by atoms with Gasteiger partial charge in [-0.15, -0.1) is 0 Å². The van der Waals surface area contributed by atoms with Crippen LogP contribution in [0.3, 0.4) is 0 Å². The van der Waals surface area contributed by atoms with Gasteiger partial charge in [0, 0.05) is 26.1 Å². The van der Waals surface area contributed by atoms with Crippen molar-refractivity contribution in [2.24, 2.45) is 5.92 Å². The number of hydrogen-bond donors (Lipinski definition) is 2. The standard InChI is InChI=1S/C10H17NO4/c1-15-6-5-8(10(13)14)11-9(12)7-3-2-4-7/h7-8H,2-6H2,1H3,(H,11,12)(H,13,14). The molecule has 1 fully saturated rings. The lowest BCUT2D eigenvalue weighted by molar-refractivity contribution is -0.143. The summed E-state index contributed by atoms with van der Waals surface area (Å²) < 4.78 is 4.79. The Kier molecular flexibility index (Phi) is 4.55. The van der Waals surface area contributed by atoms with Gasteiger partial charge in [-0.25, -0.2) is 4.79 Å². The van der Waals surface area contributed by atoms with E-state index in [1.165, 1.54) is 7.11 Å². The van der Waals surface area contributed by atoms with Crippen molar-refractivity contribution in [3.63, 3.8) is 0 Å². The van der Waals surface area contributed by atoms with Crippen molar-refractivity contribution in [2.45, 2.75) is 31.7 Å². The molecule has 1 aliphatic carbocycles. The molecule has 15 heavy (non-hydrogen) atoms. The molecule has 1 rings (SSSR count). The Labute approximate surface area is 88.8 Å². The summed E-state index contributed by atoms with van der Waals surface area (Å²) in [5.41, 5.74) is 0. The summed E-state index contributed by atoms with van der Waals surface area (Å²) in [6.45, 7) is 0.335. The number of nitrogens with one attached hydrogen (secondary N) is 1. The van der Waals surface area contributed by atoms with Crippen LogP contribution in [0.4, 0.5) is 0 Å². The number of carbonyl (C=O) groups is 2. The Morgan fingerprint density at radius 1 is 1.53 bits per heavy atom. The number of rotatable bonds is 6. The van der Waals surface area contributed by atoms with E-state index in [4.69, 9.17) is 9.84 Å². The molecule has 0 aromatic rings. The third-order valence-electron chi connectivity index (χ3n) is 2.70. The number of ether oxygens (including phenoxy) is 1. The van der Waals surface area contributed by atoms with E-state index in [-0.39, 0.29) is 11.8 Å². The molecule has 1 aliphatic rings. The van der Waals surface area contributed by atoms with Gasteiger partial charge < -0.3 is 15.2 Å². The largest absolute Gasteiger partial charge is 0.480 e. The minimum atomic E-state index is -1.00. The first-order valence-electron chi connectivity index (χ1n) is 5.17. The molecule has 1 atom stereocenters. The van der Waals surface area contributed by atoms with Crippen molar-refractivity contribution in [3.05, 3.63) is 0 Å². The molecule has 0 bridgehead atoms. The molecule has 86 valence electrons. The number of carboxylic acid groups (broad SMARTS) is 1. The first-order chi connectivity index (χ1) is 7.15. The number of methoxy groups -OCH3 is 1. The maximum atomic E-state index is 11.5. The van der Waals surface area contributed by atoms with Gasteiger partial charge in [-0.1, -0.05) is 6.42 Å². The molecule has 0 spiro atoms. The van der Waals surface area contributed by atoms with Gasteiger partial charge in [0.15, 0.2) is 0 Å². The van der Waals surface area contributed by atoms with E-state index in [2.05, 4.69) is 5.32 Å². The first kappa shape index (κ1) is 12.0. The van der Waals surface area contributed by atoms with Crippen molar-refractivity contribution in [2.75, 3.05) is 13.7 Å². The zero-order chi connectivity index (χ0) is 11.3.